The molecule has 1 aromatic carbocycles. The molecule has 136 valence electrons. The minimum atomic E-state index is -1.15. The van der Waals surface area contributed by atoms with Crippen molar-refractivity contribution in [2.75, 3.05) is 18.5 Å². The molecule has 8 heteroatoms. The molecular formula is C18H19N3O4S. The maximum absolute atomic E-state index is 12.7. The van der Waals surface area contributed by atoms with E-state index in [1.807, 2.05) is 12.3 Å². The van der Waals surface area contributed by atoms with E-state index >= 15 is 0 Å². The van der Waals surface area contributed by atoms with Crippen LogP contribution in [-0.4, -0.2) is 35.9 Å². The van der Waals surface area contributed by atoms with E-state index in [9.17, 15) is 14.4 Å². The smallest absolute Gasteiger partial charge is 0.325 e. The number of nitrogens with one attached hydrogen (secondary N) is 2. The average molecular weight is 373 g/mol. The summed E-state index contributed by atoms with van der Waals surface area (Å²) >= 11 is 1.44. The minimum absolute atomic E-state index is 0.370. The summed E-state index contributed by atoms with van der Waals surface area (Å²) in [6.45, 7) is 3.57. The summed E-state index contributed by atoms with van der Waals surface area (Å²) in [5.74, 6) is -0.395. The standard InChI is InChI=1S/C18H19N3O4S/c1-3-25-14-7-5-4-6-13(14)19-15(22)10-21-16(23)18(2,20-17(21)24)12-8-9-26-11-12/h4-9,11H,3,10H2,1-2H3,(H,19,22)(H,20,24)/t18-/m1/s1. The molecule has 2 heterocycles. The lowest BCUT2D eigenvalue weighted by Gasteiger charge is -2.20. The van der Waals surface area contributed by atoms with E-state index in [0.717, 1.165) is 4.90 Å². The van der Waals surface area contributed by atoms with Gasteiger partial charge in [-0.25, -0.2) is 4.79 Å². The normalized spacial score (nSPS) is 19.4. The van der Waals surface area contributed by atoms with Crippen molar-refractivity contribution in [2.45, 2.75) is 19.4 Å². The Kier molecular flexibility index (Phi) is 4.94. The van der Waals surface area contributed by atoms with Crippen LogP contribution >= 0.6 is 11.3 Å². The second-order valence-corrected chi connectivity index (χ2v) is 6.72. The Morgan fingerprint density at radius 2 is 2.08 bits per heavy atom. The SMILES string of the molecule is CCOc1ccccc1NC(=O)CN1C(=O)N[C@](C)(c2ccsc2)C1=O. The fourth-order valence-corrected chi connectivity index (χ4v) is 3.53. The molecule has 2 aromatic rings. The van der Waals surface area contributed by atoms with Gasteiger partial charge in [-0.3, -0.25) is 14.5 Å². The van der Waals surface area contributed by atoms with Crippen molar-refractivity contribution in [3.05, 3.63) is 46.7 Å². The molecule has 2 N–H and O–H groups in total. The highest BCUT2D eigenvalue weighted by Gasteiger charge is 2.49. The number of imide groups is 1. The molecule has 1 aromatic heterocycles. The number of para-hydroxylation sites is 2. The Morgan fingerprint density at radius 3 is 2.77 bits per heavy atom. The zero-order chi connectivity index (χ0) is 18.7. The first-order valence-electron chi connectivity index (χ1n) is 8.14. The molecule has 4 amide bonds. The van der Waals surface area contributed by atoms with Crippen molar-refractivity contribution >= 4 is 34.9 Å². The Bertz CT molecular complexity index is 837. The third kappa shape index (κ3) is 3.28. The Morgan fingerprint density at radius 1 is 1.31 bits per heavy atom. The minimum Gasteiger partial charge on any atom is -0.492 e. The first kappa shape index (κ1) is 17.9. The summed E-state index contributed by atoms with van der Waals surface area (Å²) in [6, 6.07) is 8.19. The lowest BCUT2D eigenvalue weighted by Crippen LogP contribution is -2.41. The van der Waals surface area contributed by atoms with Crippen LogP contribution < -0.4 is 15.4 Å². The van der Waals surface area contributed by atoms with Crippen molar-refractivity contribution in [1.29, 1.82) is 0 Å². The van der Waals surface area contributed by atoms with Crippen molar-refractivity contribution in [3.8, 4) is 5.75 Å². The molecule has 1 fully saturated rings. The number of hydrogen-bond acceptors (Lipinski definition) is 5. The van der Waals surface area contributed by atoms with Crippen molar-refractivity contribution in [2.24, 2.45) is 0 Å². The van der Waals surface area contributed by atoms with Crippen LogP contribution in [0, 0.1) is 0 Å². The van der Waals surface area contributed by atoms with Crippen LogP contribution in [0.1, 0.15) is 19.4 Å². The number of nitrogens with zero attached hydrogens (tertiary/aromatic N) is 1. The topological polar surface area (TPSA) is 87.7 Å². The molecule has 0 spiro atoms. The number of benzene rings is 1. The fourth-order valence-electron chi connectivity index (χ4n) is 2.77. The monoisotopic (exact) mass is 373 g/mol. The number of anilines is 1. The molecule has 0 bridgehead atoms. The predicted molar refractivity (Wildman–Crippen MR) is 98.2 cm³/mol. The van der Waals surface area contributed by atoms with Gasteiger partial charge in [0.25, 0.3) is 5.91 Å². The van der Waals surface area contributed by atoms with E-state index in [4.69, 9.17) is 4.74 Å². The molecule has 1 aliphatic rings. The molecule has 3 rings (SSSR count). The maximum Gasteiger partial charge on any atom is 0.325 e. The van der Waals surface area contributed by atoms with Crippen LogP contribution in [0.5, 0.6) is 5.75 Å². The highest BCUT2D eigenvalue weighted by atomic mass is 32.1. The van der Waals surface area contributed by atoms with Crippen molar-refractivity contribution < 1.29 is 19.1 Å². The summed E-state index contributed by atoms with van der Waals surface area (Å²) in [4.78, 5) is 38.3. The zero-order valence-electron chi connectivity index (χ0n) is 14.4. The van der Waals surface area contributed by atoms with Crippen molar-refractivity contribution in [1.82, 2.24) is 10.2 Å². The van der Waals surface area contributed by atoms with Gasteiger partial charge in [0.15, 0.2) is 0 Å². The average Bonchev–Trinajstić information content (AvgIpc) is 3.22. The van der Waals surface area contributed by atoms with Crippen LogP contribution in [0.25, 0.3) is 0 Å². The number of thiophene rings is 1. The van der Waals surface area contributed by atoms with Gasteiger partial charge in [-0.1, -0.05) is 12.1 Å². The molecule has 1 atom stereocenters. The highest BCUT2D eigenvalue weighted by Crippen LogP contribution is 2.30. The van der Waals surface area contributed by atoms with Gasteiger partial charge < -0.3 is 15.4 Å². The fraction of sp³-hybridized carbons (Fsp3) is 0.278. The molecule has 0 aliphatic carbocycles. The van der Waals surface area contributed by atoms with Crippen LogP contribution in [0.4, 0.5) is 10.5 Å². The predicted octanol–water partition coefficient (Wildman–Crippen LogP) is 2.55. The summed E-state index contributed by atoms with van der Waals surface area (Å²) in [7, 11) is 0. The van der Waals surface area contributed by atoms with E-state index in [-0.39, 0.29) is 6.54 Å². The van der Waals surface area contributed by atoms with Gasteiger partial charge in [0.05, 0.1) is 12.3 Å². The van der Waals surface area contributed by atoms with E-state index in [1.165, 1.54) is 11.3 Å². The second-order valence-electron chi connectivity index (χ2n) is 5.94. The third-order valence-electron chi connectivity index (χ3n) is 4.14. The number of hydrogen-bond donors (Lipinski definition) is 2. The first-order chi connectivity index (χ1) is 12.5. The van der Waals surface area contributed by atoms with Gasteiger partial charge in [0.1, 0.15) is 17.8 Å². The number of ether oxygens (including phenoxy) is 1. The van der Waals surface area contributed by atoms with Crippen LogP contribution in [0.2, 0.25) is 0 Å². The lowest BCUT2D eigenvalue weighted by molar-refractivity contribution is -0.133. The molecule has 0 radical (unpaired) electrons. The van der Waals surface area contributed by atoms with Crippen LogP contribution in [-0.2, 0) is 15.1 Å². The summed E-state index contributed by atoms with van der Waals surface area (Å²) in [6.07, 6.45) is 0. The van der Waals surface area contributed by atoms with Crippen molar-refractivity contribution in [3.63, 3.8) is 0 Å². The lowest BCUT2D eigenvalue weighted by atomic mass is 9.95. The number of urea groups is 1. The van der Waals surface area contributed by atoms with E-state index in [1.54, 1.807) is 42.6 Å². The quantitative estimate of drug-likeness (QED) is 0.762. The van der Waals surface area contributed by atoms with E-state index < -0.39 is 23.4 Å². The van der Waals surface area contributed by atoms with E-state index in [0.29, 0.717) is 23.6 Å². The number of rotatable bonds is 6. The molecule has 1 aliphatic heterocycles. The molecule has 0 saturated carbocycles. The summed E-state index contributed by atoms with van der Waals surface area (Å²) in [5.41, 5.74) is 0.0399. The first-order valence-corrected chi connectivity index (χ1v) is 9.08. The van der Waals surface area contributed by atoms with Gasteiger partial charge in [0, 0.05) is 0 Å². The van der Waals surface area contributed by atoms with Gasteiger partial charge >= 0.3 is 6.03 Å². The zero-order valence-corrected chi connectivity index (χ0v) is 15.3. The van der Waals surface area contributed by atoms with Gasteiger partial charge in [-0.2, -0.15) is 11.3 Å². The molecule has 0 unspecified atom stereocenters. The number of carbonyl (C=O) groups is 3. The Hall–Kier alpha value is -2.87. The summed E-state index contributed by atoms with van der Waals surface area (Å²) < 4.78 is 5.46. The maximum atomic E-state index is 12.7. The molecule has 7 nitrogen and oxygen atoms in total. The highest BCUT2D eigenvalue weighted by molar-refractivity contribution is 7.08. The third-order valence-corrected chi connectivity index (χ3v) is 4.82. The van der Waals surface area contributed by atoms with Crippen LogP contribution in [0.15, 0.2) is 41.1 Å². The van der Waals surface area contributed by atoms with Crippen LogP contribution in [0.3, 0.4) is 0 Å². The van der Waals surface area contributed by atoms with Gasteiger partial charge in [-0.15, -0.1) is 0 Å². The molecule has 26 heavy (non-hydrogen) atoms. The number of amides is 4. The molecule has 1 saturated heterocycles. The number of carbonyl (C=O) groups excluding carboxylic acids is 3. The summed E-state index contributed by atoms with van der Waals surface area (Å²) in [5, 5.41) is 9.00. The Balaban J connectivity index is 1.72. The Labute approximate surface area is 155 Å². The molecular weight excluding hydrogens is 354 g/mol. The van der Waals surface area contributed by atoms with Gasteiger partial charge in [0.2, 0.25) is 5.91 Å². The second kappa shape index (κ2) is 7.17. The largest absolute Gasteiger partial charge is 0.492 e. The van der Waals surface area contributed by atoms with Gasteiger partial charge in [-0.05, 0) is 48.4 Å². The van der Waals surface area contributed by atoms with E-state index in [2.05, 4.69) is 10.6 Å².